The smallest absolute Gasteiger partial charge is 0.258 e. The fourth-order valence-electron chi connectivity index (χ4n) is 2.68. The van der Waals surface area contributed by atoms with Gasteiger partial charge in [0.1, 0.15) is 17.4 Å². The highest BCUT2D eigenvalue weighted by Crippen LogP contribution is 2.17. The second-order valence-corrected chi connectivity index (χ2v) is 6.17. The summed E-state index contributed by atoms with van der Waals surface area (Å²) in [6.45, 7) is 1.85. The normalized spacial score (nSPS) is 10.3. The fourth-order valence-corrected chi connectivity index (χ4v) is 2.68. The molecular formula is C21H19FN4O2. The molecule has 1 heterocycles. The highest BCUT2D eigenvalue weighted by Gasteiger charge is 2.09. The van der Waals surface area contributed by atoms with Crippen LogP contribution in [-0.2, 0) is 17.8 Å². The average Bonchev–Trinajstić information content (AvgIpc) is 3.12. The second kappa shape index (κ2) is 8.82. The van der Waals surface area contributed by atoms with Gasteiger partial charge in [-0.1, -0.05) is 18.2 Å². The number of carbonyl (C=O) groups excluding carboxylic acids is 1. The van der Waals surface area contributed by atoms with Crippen molar-refractivity contribution in [2.24, 2.45) is 0 Å². The van der Waals surface area contributed by atoms with Gasteiger partial charge in [0.05, 0.1) is 18.2 Å². The molecule has 0 aliphatic heterocycles. The van der Waals surface area contributed by atoms with E-state index in [1.165, 1.54) is 6.07 Å². The fraction of sp³-hybridized carbons (Fsp3) is 0.190. The number of hydrogen-bond acceptors (Lipinski definition) is 4. The molecule has 7 heteroatoms. The van der Waals surface area contributed by atoms with Gasteiger partial charge in [0.2, 0.25) is 0 Å². The van der Waals surface area contributed by atoms with E-state index < -0.39 is 0 Å². The van der Waals surface area contributed by atoms with Crippen molar-refractivity contribution in [2.75, 3.05) is 6.61 Å². The van der Waals surface area contributed by atoms with E-state index in [4.69, 9.17) is 10.00 Å². The lowest BCUT2D eigenvalue weighted by Crippen LogP contribution is -2.28. The van der Waals surface area contributed by atoms with E-state index in [9.17, 15) is 9.18 Å². The number of aryl methyl sites for hydroxylation is 1. The Morgan fingerprint density at radius 3 is 2.64 bits per heavy atom. The number of imidazole rings is 1. The maximum atomic E-state index is 14.4. The van der Waals surface area contributed by atoms with Crippen LogP contribution < -0.4 is 10.1 Å². The van der Waals surface area contributed by atoms with E-state index >= 15 is 0 Å². The van der Waals surface area contributed by atoms with Crippen LogP contribution in [0.3, 0.4) is 0 Å². The maximum absolute atomic E-state index is 14.4. The summed E-state index contributed by atoms with van der Waals surface area (Å²) in [4.78, 5) is 16.0. The highest BCUT2D eigenvalue weighted by atomic mass is 19.1. The molecule has 3 aromatic rings. The zero-order chi connectivity index (χ0) is 19.9. The van der Waals surface area contributed by atoms with E-state index in [1.807, 2.05) is 0 Å². The predicted molar refractivity (Wildman–Crippen MR) is 101 cm³/mol. The van der Waals surface area contributed by atoms with Gasteiger partial charge in [-0.3, -0.25) is 4.79 Å². The molecule has 3 rings (SSSR count). The summed E-state index contributed by atoms with van der Waals surface area (Å²) in [5, 5.41) is 11.3. The molecule has 1 amide bonds. The Balaban J connectivity index is 1.51. The molecule has 142 valence electrons. The lowest BCUT2D eigenvalue weighted by molar-refractivity contribution is -0.123. The van der Waals surface area contributed by atoms with Crippen LogP contribution in [0.2, 0.25) is 0 Å². The summed E-state index contributed by atoms with van der Waals surface area (Å²) in [7, 11) is 0. The van der Waals surface area contributed by atoms with Gasteiger partial charge in [0, 0.05) is 18.9 Å². The third-order valence-electron chi connectivity index (χ3n) is 4.16. The van der Waals surface area contributed by atoms with E-state index in [-0.39, 0.29) is 24.9 Å². The van der Waals surface area contributed by atoms with Crippen molar-refractivity contribution in [1.29, 1.82) is 5.26 Å². The van der Waals surface area contributed by atoms with Crippen molar-refractivity contribution in [1.82, 2.24) is 14.9 Å². The number of amides is 1. The summed E-state index contributed by atoms with van der Waals surface area (Å²) >= 11 is 0. The second-order valence-electron chi connectivity index (χ2n) is 6.17. The van der Waals surface area contributed by atoms with Gasteiger partial charge in [-0.15, -0.1) is 0 Å². The van der Waals surface area contributed by atoms with Crippen LogP contribution in [0.1, 0.15) is 17.0 Å². The number of hydrogen-bond donors (Lipinski definition) is 1. The molecule has 0 saturated carbocycles. The van der Waals surface area contributed by atoms with Crippen LogP contribution in [-0.4, -0.2) is 22.1 Å². The number of ether oxygens (including phenoxy) is 1. The first-order chi connectivity index (χ1) is 13.6. The average molecular weight is 378 g/mol. The van der Waals surface area contributed by atoms with Gasteiger partial charge in [0.25, 0.3) is 5.91 Å². The molecular weight excluding hydrogens is 359 g/mol. The minimum Gasteiger partial charge on any atom is -0.484 e. The zero-order valence-corrected chi connectivity index (χ0v) is 15.4. The van der Waals surface area contributed by atoms with Crippen molar-refractivity contribution in [3.05, 3.63) is 77.6 Å². The molecule has 1 aromatic heterocycles. The number of nitrogens with zero attached hydrogens (tertiary/aromatic N) is 3. The lowest BCUT2D eigenvalue weighted by atomic mass is 10.2. The number of nitriles is 1. The number of carbonyl (C=O) groups is 1. The van der Waals surface area contributed by atoms with Crippen LogP contribution in [0, 0.1) is 24.1 Å². The van der Waals surface area contributed by atoms with E-state index in [0.717, 1.165) is 5.56 Å². The highest BCUT2D eigenvalue weighted by molar-refractivity contribution is 5.77. The Morgan fingerprint density at radius 1 is 1.25 bits per heavy atom. The quantitative estimate of drug-likeness (QED) is 0.685. The van der Waals surface area contributed by atoms with Gasteiger partial charge in [0.15, 0.2) is 6.61 Å². The van der Waals surface area contributed by atoms with Gasteiger partial charge in [-0.25, -0.2) is 9.37 Å². The summed E-state index contributed by atoms with van der Waals surface area (Å²) < 4.78 is 21.4. The minimum absolute atomic E-state index is 0.146. The lowest BCUT2D eigenvalue weighted by Gasteiger charge is -2.10. The summed E-state index contributed by atoms with van der Waals surface area (Å²) in [5.41, 5.74) is 1.94. The zero-order valence-electron chi connectivity index (χ0n) is 15.4. The Morgan fingerprint density at radius 2 is 2.00 bits per heavy atom. The van der Waals surface area contributed by atoms with Crippen LogP contribution in [0.5, 0.6) is 5.75 Å². The largest absolute Gasteiger partial charge is 0.484 e. The number of nitrogens with one attached hydrogen (secondary N) is 1. The van der Waals surface area contributed by atoms with Gasteiger partial charge >= 0.3 is 0 Å². The standard InChI is InChI=1S/C21H19FN4O2/c1-15-24-10-11-26(15)20-7-4-17(12-19(20)22)13-25-21(27)14-28-18-5-2-16(3-6-18)8-9-23/h2-7,10-12H,8,13-14H2,1H3,(H,25,27). The monoisotopic (exact) mass is 378 g/mol. The number of rotatable bonds is 7. The van der Waals surface area contributed by atoms with Crippen molar-refractivity contribution < 1.29 is 13.9 Å². The molecule has 1 N–H and O–H groups in total. The number of aromatic nitrogens is 2. The van der Waals surface area contributed by atoms with Gasteiger partial charge in [-0.05, 0) is 42.3 Å². The Bertz CT molecular complexity index is 1010. The molecule has 28 heavy (non-hydrogen) atoms. The third-order valence-corrected chi connectivity index (χ3v) is 4.16. The Hall–Kier alpha value is -3.66. The molecule has 0 radical (unpaired) electrons. The Kier molecular flexibility index (Phi) is 6.02. The van der Waals surface area contributed by atoms with Gasteiger partial charge in [-0.2, -0.15) is 5.26 Å². The minimum atomic E-state index is -0.387. The van der Waals surface area contributed by atoms with E-state index in [0.29, 0.717) is 29.2 Å². The molecule has 0 atom stereocenters. The Labute approximate surface area is 162 Å². The van der Waals surface area contributed by atoms with Crippen molar-refractivity contribution in [2.45, 2.75) is 19.9 Å². The number of benzene rings is 2. The summed E-state index contributed by atoms with van der Waals surface area (Å²) in [6.07, 6.45) is 3.63. The van der Waals surface area contributed by atoms with Crippen molar-refractivity contribution in [3.8, 4) is 17.5 Å². The predicted octanol–water partition coefficient (Wildman–Crippen LogP) is 3.08. The molecule has 6 nitrogen and oxygen atoms in total. The van der Waals surface area contributed by atoms with Crippen molar-refractivity contribution >= 4 is 5.91 Å². The first kappa shape index (κ1) is 19.1. The molecule has 0 fully saturated rings. The number of halogens is 1. The molecule has 0 aliphatic rings. The topological polar surface area (TPSA) is 79.9 Å². The first-order valence-electron chi connectivity index (χ1n) is 8.71. The molecule has 2 aromatic carbocycles. The maximum Gasteiger partial charge on any atom is 0.258 e. The third kappa shape index (κ3) is 4.74. The van der Waals surface area contributed by atoms with Crippen LogP contribution in [0.4, 0.5) is 4.39 Å². The molecule has 0 spiro atoms. The molecule has 0 saturated heterocycles. The first-order valence-corrected chi connectivity index (χ1v) is 8.71. The van der Waals surface area contributed by atoms with Crippen molar-refractivity contribution in [3.63, 3.8) is 0 Å². The van der Waals surface area contributed by atoms with E-state index in [2.05, 4.69) is 16.4 Å². The van der Waals surface area contributed by atoms with E-state index in [1.54, 1.807) is 60.3 Å². The molecule has 0 aliphatic carbocycles. The van der Waals surface area contributed by atoms with Gasteiger partial charge < -0.3 is 14.6 Å². The summed E-state index contributed by atoms with van der Waals surface area (Å²) in [6, 6.07) is 13.9. The summed E-state index contributed by atoms with van der Waals surface area (Å²) in [5.74, 6) is 0.540. The SMILES string of the molecule is Cc1nccn1-c1ccc(CNC(=O)COc2ccc(CC#N)cc2)cc1F. The molecule has 0 unspecified atom stereocenters. The molecule has 0 bridgehead atoms. The van der Waals surface area contributed by atoms with Crippen LogP contribution in [0.15, 0.2) is 54.9 Å². The van der Waals surface area contributed by atoms with Crippen LogP contribution >= 0.6 is 0 Å². The van der Waals surface area contributed by atoms with Crippen LogP contribution in [0.25, 0.3) is 5.69 Å².